The number of nitrogens with one attached hydrogen (secondary N) is 2. The van der Waals surface area contributed by atoms with Gasteiger partial charge >= 0.3 is 0 Å². The molecule has 0 radical (unpaired) electrons. The van der Waals surface area contributed by atoms with Crippen molar-refractivity contribution in [1.82, 2.24) is 4.98 Å². The highest BCUT2D eigenvalue weighted by Gasteiger charge is 2.27. The van der Waals surface area contributed by atoms with E-state index in [1.807, 2.05) is 18.2 Å². The molecule has 2 atom stereocenters. The van der Waals surface area contributed by atoms with E-state index in [1.165, 1.54) is 5.56 Å². The third kappa shape index (κ3) is 3.11. The van der Waals surface area contributed by atoms with Crippen LogP contribution in [0.15, 0.2) is 42.5 Å². The van der Waals surface area contributed by atoms with Crippen LogP contribution in [0.3, 0.4) is 0 Å². The Balaban J connectivity index is 1.65. The number of aromatic amines is 1. The number of rotatable bonds is 3. The molecular weight excluding hydrogens is 346 g/mol. The zero-order valence-electron chi connectivity index (χ0n) is 14.7. The molecule has 1 aliphatic carbocycles. The van der Waals surface area contributed by atoms with Crippen molar-refractivity contribution in [2.24, 2.45) is 11.7 Å². The summed E-state index contributed by atoms with van der Waals surface area (Å²) in [6.07, 6.45) is 3.19. The number of hydrogen-bond donors (Lipinski definition) is 3. The number of benzene rings is 2. The Bertz CT molecular complexity index is 961. The maximum absolute atomic E-state index is 12.5. The Morgan fingerprint density at radius 2 is 2.04 bits per heavy atom. The molecule has 1 aromatic heterocycles. The fraction of sp³-hybridized carbons (Fsp3) is 0.286. The van der Waals surface area contributed by atoms with Crippen molar-refractivity contribution < 1.29 is 4.79 Å². The van der Waals surface area contributed by atoms with Crippen LogP contribution in [0.25, 0.3) is 10.9 Å². The van der Waals surface area contributed by atoms with Crippen molar-refractivity contribution in [2.45, 2.75) is 32.2 Å². The number of nitrogens with two attached hydrogens (primary N) is 1. The van der Waals surface area contributed by atoms with Crippen molar-refractivity contribution in [3.63, 3.8) is 0 Å². The first kappa shape index (κ1) is 17.1. The van der Waals surface area contributed by atoms with Gasteiger partial charge in [-0.15, -0.1) is 0 Å². The average Bonchev–Trinajstić information content (AvgIpc) is 3.01. The van der Waals surface area contributed by atoms with Gasteiger partial charge in [0.05, 0.1) is 0 Å². The van der Waals surface area contributed by atoms with Crippen LogP contribution in [0.1, 0.15) is 47.4 Å². The summed E-state index contributed by atoms with van der Waals surface area (Å²) in [5, 5.41) is 4.75. The molecule has 3 aromatic rings. The van der Waals surface area contributed by atoms with Crippen molar-refractivity contribution in [3.8, 4) is 0 Å². The van der Waals surface area contributed by atoms with Gasteiger partial charge in [0.15, 0.2) is 0 Å². The van der Waals surface area contributed by atoms with E-state index < -0.39 is 0 Å². The minimum absolute atomic E-state index is 0.0585. The fourth-order valence-electron chi connectivity index (χ4n) is 3.85. The molecule has 0 saturated carbocycles. The average molecular weight is 368 g/mol. The highest BCUT2D eigenvalue weighted by Crippen LogP contribution is 2.38. The molecule has 0 aliphatic heterocycles. The van der Waals surface area contributed by atoms with E-state index in [2.05, 4.69) is 17.2 Å². The summed E-state index contributed by atoms with van der Waals surface area (Å²) in [7, 11) is 0. The highest BCUT2D eigenvalue weighted by molar-refractivity contribution is 6.30. The van der Waals surface area contributed by atoms with Gasteiger partial charge in [0.25, 0.3) is 5.91 Å². The first-order chi connectivity index (χ1) is 12.5. The summed E-state index contributed by atoms with van der Waals surface area (Å²) in [5.74, 6) is 0.470. The Labute approximate surface area is 157 Å². The summed E-state index contributed by atoms with van der Waals surface area (Å²) < 4.78 is 0. The van der Waals surface area contributed by atoms with Crippen molar-refractivity contribution in [2.75, 3.05) is 5.32 Å². The van der Waals surface area contributed by atoms with Crippen molar-refractivity contribution in [3.05, 3.63) is 64.3 Å². The van der Waals surface area contributed by atoms with Crippen LogP contribution in [0.2, 0.25) is 5.02 Å². The monoisotopic (exact) mass is 367 g/mol. The number of aromatic nitrogens is 1. The number of halogens is 1. The molecule has 1 aliphatic rings. The van der Waals surface area contributed by atoms with Gasteiger partial charge in [-0.1, -0.05) is 24.9 Å². The molecule has 1 heterocycles. The third-order valence-electron chi connectivity index (χ3n) is 5.33. The van der Waals surface area contributed by atoms with Crippen molar-refractivity contribution in [1.29, 1.82) is 0 Å². The van der Waals surface area contributed by atoms with Crippen LogP contribution in [-0.4, -0.2) is 10.9 Å². The Kier molecular flexibility index (Phi) is 4.47. The van der Waals surface area contributed by atoms with Gasteiger partial charge in [0.2, 0.25) is 0 Å². The van der Waals surface area contributed by atoms with Crippen LogP contribution < -0.4 is 11.1 Å². The molecule has 2 aromatic carbocycles. The topological polar surface area (TPSA) is 70.9 Å². The molecule has 1 amide bonds. The maximum Gasteiger partial charge on any atom is 0.255 e. The Morgan fingerprint density at radius 1 is 1.27 bits per heavy atom. The maximum atomic E-state index is 12.5. The molecular formula is C21H22ClN3O. The standard InChI is InChI=1S/C21H22ClN3O/c1-2-12-9-17-16-11-15(7-8-19(16)25-20(17)18(23)10-12)24-21(26)13-3-5-14(22)6-4-13/h3-8,11-12,18,25H,2,9-10,23H2,1H3,(H,24,26). The normalized spacial score (nSPS) is 19.3. The third-order valence-corrected chi connectivity index (χ3v) is 5.58. The van der Waals surface area contributed by atoms with E-state index in [0.29, 0.717) is 16.5 Å². The molecule has 0 saturated heterocycles. The van der Waals surface area contributed by atoms with E-state index in [0.717, 1.165) is 41.5 Å². The van der Waals surface area contributed by atoms with Crippen LogP contribution in [-0.2, 0) is 6.42 Å². The second-order valence-electron chi connectivity index (χ2n) is 7.06. The van der Waals surface area contributed by atoms with Crippen molar-refractivity contribution >= 4 is 34.1 Å². The van der Waals surface area contributed by atoms with E-state index in [4.69, 9.17) is 17.3 Å². The Hall–Kier alpha value is -2.30. The highest BCUT2D eigenvalue weighted by atomic mass is 35.5. The number of anilines is 1. The van der Waals surface area contributed by atoms with Gasteiger partial charge < -0.3 is 16.0 Å². The molecule has 5 heteroatoms. The van der Waals surface area contributed by atoms with E-state index >= 15 is 0 Å². The summed E-state index contributed by atoms with van der Waals surface area (Å²) in [6.45, 7) is 2.22. The number of H-pyrrole nitrogens is 1. The largest absolute Gasteiger partial charge is 0.357 e. The lowest BCUT2D eigenvalue weighted by molar-refractivity contribution is 0.102. The smallest absolute Gasteiger partial charge is 0.255 e. The quantitative estimate of drug-likeness (QED) is 0.606. The minimum atomic E-state index is -0.145. The predicted octanol–water partition coefficient (Wildman–Crippen LogP) is 5.05. The van der Waals surface area contributed by atoms with E-state index in [1.54, 1.807) is 24.3 Å². The fourth-order valence-corrected chi connectivity index (χ4v) is 3.97. The lowest BCUT2D eigenvalue weighted by atomic mass is 9.82. The molecule has 0 spiro atoms. The molecule has 0 bridgehead atoms. The SMILES string of the molecule is CCC1Cc2c([nH]c3ccc(NC(=O)c4ccc(Cl)cc4)cc23)C(N)C1. The minimum Gasteiger partial charge on any atom is -0.357 e. The molecule has 4 rings (SSSR count). The lowest BCUT2D eigenvalue weighted by Gasteiger charge is -2.26. The number of carbonyl (C=O) groups excluding carboxylic acids is 1. The first-order valence-electron chi connectivity index (χ1n) is 9.02. The zero-order valence-corrected chi connectivity index (χ0v) is 15.4. The molecule has 26 heavy (non-hydrogen) atoms. The van der Waals surface area contributed by atoms with Gasteiger partial charge in [-0.05, 0) is 66.8 Å². The molecule has 2 unspecified atom stereocenters. The second kappa shape index (κ2) is 6.78. The predicted molar refractivity (Wildman–Crippen MR) is 107 cm³/mol. The van der Waals surface area contributed by atoms with E-state index in [-0.39, 0.29) is 11.9 Å². The molecule has 4 N–H and O–H groups in total. The van der Waals surface area contributed by atoms with Crippen LogP contribution in [0.5, 0.6) is 0 Å². The lowest BCUT2D eigenvalue weighted by Crippen LogP contribution is -2.23. The number of amides is 1. The van der Waals surface area contributed by atoms with Gasteiger partial charge in [0, 0.05) is 38.9 Å². The molecule has 134 valence electrons. The van der Waals surface area contributed by atoms with Gasteiger partial charge in [-0.25, -0.2) is 0 Å². The summed E-state index contributed by atoms with van der Waals surface area (Å²) in [6, 6.07) is 12.9. The number of fused-ring (bicyclic) bond motifs is 3. The van der Waals surface area contributed by atoms with Gasteiger partial charge in [-0.2, -0.15) is 0 Å². The summed E-state index contributed by atoms with van der Waals surface area (Å²) >= 11 is 5.89. The van der Waals surface area contributed by atoms with Gasteiger partial charge in [-0.3, -0.25) is 4.79 Å². The zero-order chi connectivity index (χ0) is 18.3. The van der Waals surface area contributed by atoms with Crippen LogP contribution in [0, 0.1) is 5.92 Å². The molecule has 4 nitrogen and oxygen atoms in total. The van der Waals surface area contributed by atoms with Crippen LogP contribution in [0.4, 0.5) is 5.69 Å². The summed E-state index contributed by atoms with van der Waals surface area (Å²) in [4.78, 5) is 15.9. The number of carbonyl (C=O) groups is 1. The number of hydrogen-bond acceptors (Lipinski definition) is 2. The van der Waals surface area contributed by atoms with Gasteiger partial charge in [0.1, 0.15) is 0 Å². The second-order valence-corrected chi connectivity index (χ2v) is 7.50. The first-order valence-corrected chi connectivity index (χ1v) is 9.40. The Morgan fingerprint density at radius 3 is 2.77 bits per heavy atom. The van der Waals surface area contributed by atoms with E-state index in [9.17, 15) is 4.79 Å². The molecule has 0 fully saturated rings. The summed E-state index contributed by atoms with van der Waals surface area (Å²) in [5.41, 5.74) is 11.3. The van der Waals surface area contributed by atoms with Crippen LogP contribution >= 0.6 is 11.6 Å².